The molecule has 6 nitrogen and oxygen atoms in total. The lowest BCUT2D eigenvalue weighted by molar-refractivity contribution is -0.123. The van der Waals surface area contributed by atoms with Crippen LogP contribution in [0.2, 0.25) is 5.02 Å². The van der Waals surface area contributed by atoms with Crippen LogP contribution >= 0.6 is 11.6 Å². The molecule has 0 bridgehead atoms. The summed E-state index contributed by atoms with van der Waals surface area (Å²) in [6, 6.07) is 31.5. The minimum Gasteiger partial charge on any atom is -0.482 e. The van der Waals surface area contributed by atoms with Crippen LogP contribution in [0.3, 0.4) is 0 Å². The second-order valence-electron chi connectivity index (χ2n) is 7.67. The summed E-state index contributed by atoms with van der Waals surface area (Å²) in [4.78, 5) is 12.7. The minimum absolute atomic E-state index is 0.0172. The summed E-state index contributed by atoms with van der Waals surface area (Å²) < 4.78 is 33.4. The number of halogens is 1. The van der Waals surface area contributed by atoms with Gasteiger partial charge in [-0.3, -0.25) is 9.52 Å². The van der Waals surface area contributed by atoms with Crippen molar-refractivity contribution in [3.63, 3.8) is 0 Å². The van der Waals surface area contributed by atoms with E-state index in [0.717, 1.165) is 11.1 Å². The Morgan fingerprint density at radius 2 is 1.34 bits per heavy atom. The third kappa shape index (κ3) is 6.41. The Balaban J connectivity index is 1.43. The average Bonchev–Trinajstić information content (AvgIpc) is 2.88. The molecule has 4 rings (SSSR count). The van der Waals surface area contributed by atoms with Crippen molar-refractivity contribution in [1.29, 1.82) is 0 Å². The molecule has 1 amide bonds. The predicted octanol–water partition coefficient (Wildman–Crippen LogP) is 5.43. The molecule has 2 N–H and O–H groups in total. The van der Waals surface area contributed by atoms with E-state index in [-0.39, 0.29) is 34.2 Å². The van der Waals surface area contributed by atoms with Crippen molar-refractivity contribution in [2.45, 2.75) is 10.9 Å². The Hall–Kier alpha value is -3.81. The lowest BCUT2D eigenvalue weighted by Crippen LogP contribution is -2.33. The number of nitrogens with one attached hydrogen (secondary N) is 2. The summed E-state index contributed by atoms with van der Waals surface area (Å²) in [7, 11) is -3.83. The van der Waals surface area contributed by atoms with Crippen molar-refractivity contribution in [2.75, 3.05) is 11.3 Å². The fourth-order valence-corrected chi connectivity index (χ4v) is 4.87. The fourth-order valence-electron chi connectivity index (χ4n) is 3.48. The first-order valence-corrected chi connectivity index (χ1v) is 12.7. The smallest absolute Gasteiger partial charge is 0.261 e. The van der Waals surface area contributed by atoms with Crippen LogP contribution in [-0.2, 0) is 14.8 Å². The van der Waals surface area contributed by atoms with E-state index >= 15 is 0 Å². The molecular formula is C27H23ClN2O4S. The first-order chi connectivity index (χ1) is 16.9. The van der Waals surface area contributed by atoms with Gasteiger partial charge in [0.15, 0.2) is 6.61 Å². The molecule has 0 aliphatic rings. The Labute approximate surface area is 209 Å². The quantitative estimate of drug-likeness (QED) is 0.317. The van der Waals surface area contributed by atoms with Crippen LogP contribution in [0.5, 0.6) is 5.75 Å². The lowest BCUT2D eigenvalue weighted by Gasteiger charge is -2.20. The van der Waals surface area contributed by atoms with Crippen LogP contribution in [0.25, 0.3) is 0 Å². The summed E-state index contributed by atoms with van der Waals surface area (Å²) >= 11 is 6.27. The number of carbonyl (C=O) groups is 1. The highest BCUT2D eigenvalue weighted by atomic mass is 35.5. The maximum Gasteiger partial charge on any atom is 0.261 e. The molecule has 8 heteroatoms. The Morgan fingerprint density at radius 3 is 1.89 bits per heavy atom. The van der Waals surface area contributed by atoms with Gasteiger partial charge in [0.25, 0.3) is 15.9 Å². The highest BCUT2D eigenvalue weighted by Crippen LogP contribution is 2.28. The maximum absolute atomic E-state index is 12.7. The van der Waals surface area contributed by atoms with Gasteiger partial charge in [-0.25, -0.2) is 8.42 Å². The van der Waals surface area contributed by atoms with E-state index in [0.29, 0.717) is 5.69 Å². The second kappa shape index (κ2) is 11.1. The predicted molar refractivity (Wildman–Crippen MR) is 137 cm³/mol. The van der Waals surface area contributed by atoms with E-state index in [1.165, 1.54) is 18.2 Å². The third-order valence-electron chi connectivity index (χ3n) is 5.17. The van der Waals surface area contributed by atoms with E-state index < -0.39 is 10.0 Å². The molecule has 0 aliphatic heterocycles. The van der Waals surface area contributed by atoms with Crippen LogP contribution in [0.15, 0.2) is 114 Å². The molecule has 0 aliphatic carbocycles. The van der Waals surface area contributed by atoms with E-state index in [9.17, 15) is 13.2 Å². The van der Waals surface area contributed by atoms with Gasteiger partial charge in [0.05, 0.1) is 16.0 Å². The molecule has 0 saturated carbocycles. The van der Waals surface area contributed by atoms with Gasteiger partial charge in [-0.2, -0.15) is 0 Å². The molecule has 0 spiro atoms. The number of benzene rings is 4. The van der Waals surface area contributed by atoms with Crippen LogP contribution in [0, 0.1) is 0 Å². The topological polar surface area (TPSA) is 84.5 Å². The van der Waals surface area contributed by atoms with Gasteiger partial charge < -0.3 is 10.1 Å². The molecule has 0 heterocycles. The van der Waals surface area contributed by atoms with Crippen molar-refractivity contribution in [2.24, 2.45) is 0 Å². The maximum atomic E-state index is 12.7. The number of sulfonamides is 1. The normalized spacial score (nSPS) is 11.1. The van der Waals surface area contributed by atoms with Gasteiger partial charge >= 0.3 is 0 Å². The van der Waals surface area contributed by atoms with Crippen molar-refractivity contribution < 1.29 is 17.9 Å². The zero-order chi connectivity index (χ0) is 24.7. The highest BCUT2D eigenvalue weighted by molar-refractivity contribution is 7.92. The van der Waals surface area contributed by atoms with E-state index in [2.05, 4.69) is 10.0 Å². The number of para-hydroxylation sites is 1. The standard InChI is InChI=1S/C27H23ClN2O4S/c28-24-18-23(35(32,33)30-22-14-8-3-9-15-22)16-17-25(24)34-19-26(31)29-27(20-10-4-1-5-11-20)21-12-6-2-7-13-21/h1-18,27,30H,19H2,(H,29,31). The molecule has 0 radical (unpaired) electrons. The zero-order valence-corrected chi connectivity index (χ0v) is 20.2. The number of rotatable bonds is 9. The first kappa shape index (κ1) is 24.3. The van der Waals surface area contributed by atoms with Crippen LogP contribution < -0.4 is 14.8 Å². The van der Waals surface area contributed by atoms with Crippen molar-refractivity contribution in [3.05, 3.63) is 125 Å². The van der Waals surface area contributed by atoms with Gasteiger partial charge in [-0.05, 0) is 41.5 Å². The van der Waals surface area contributed by atoms with Crippen LogP contribution in [-0.4, -0.2) is 20.9 Å². The molecule has 0 saturated heterocycles. The molecule has 4 aromatic carbocycles. The van der Waals surface area contributed by atoms with Gasteiger partial charge in [0.2, 0.25) is 0 Å². The number of hydrogen-bond acceptors (Lipinski definition) is 4. The largest absolute Gasteiger partial charge is 0.482 e. The lowest BCUT2D eigenvalue weighted by atomic mass is 9.99. The molecule has 4 aromatic rings. The average molecular weight is 507 g/mol. The Morgan fingerprint density at radius 1 is 0.800 bits per heavy atom. The van der Waals surface area contributed by atoms with E-state index in [4.69, 9.17) is 16.3 Å². The van der Waals surface area contributed by atoms with Crippen LogP contribution in [0.1, 0.15) is 17.2 Å². The highest BCUT2D eigenvalue weighted by Gasteiger charge is 2.19. The Bertz CT molecular complexity index is 1340. The van der Waals surface area contributed by atoms with Gasteiger partial charge in [-0.15, -0.1) is 0 Å². The molecule has 0 atom stereocenters. The zero-order valence-electron chi connectivity index (χ0n) is 18.6. The minimum atomic E-state index is -3.83. The van der Waals surface area contributed by atoms with Gasteiger partial charge in [-0.1, -0.05) is 90.5 Å². The number of anilines is 1. The number of carbonyl (C=O) groups excluding carboxylic acids is 1. The fraction of sp³-hybridized carbons (Fsp3) is 0.0741. The molecule has 35 heavy (non-hydrogen) atoms. The van der Waals surface area contributed by atoms with Crippen molar-refractivity contribution in [3.8, 4) is 5.75 Å². The molecule has 178 valence electrons. The monoisotopic (exact) mass is 506 g/mol. The SMILES string of the molecule is O=C(COc1ccc(S(=O)(=O)Nc2ccccc2)cc1Cl)NC(c1ccccc1)c1ccccc1. The number of hydrogen-bond donors (Lipinski definition) is 2. The first-order valence-electron chi connectivity index (χ1n) is 10.8. The van der Waals surface area contributed by atoms with Crippen LogP contribution in [0.4, 0.5) is 5.69 Å². The van der Waals surface area contributed by atoms with Crippen molar-refractivity contribution >= 4 is 33.2 Å². The number of ether oxygens (including phenoxy) is 1. The molecule has 0 aromatic heterocycles. The summed E-state index contributed by atoms with van der Waals surface area (Å²) in [5.74, 6) is -0.141. The third-order valence-corrected chi connectivity index (χ3v) is 6.84. The molecule has 0 fully saturated rings. The summed E-state index contributed by atoms with van der Waals surface area (Å²) in [6.07, 6.45) is 0. The van der Waals surface area contributed by atoms with E-state index in [1.54, 1.807) is 30.3 Å². The van der Waals surface area contributed by atoms with Crippen molar-refractivity contribution in [1.82, 2.24) is 5.32 Å². The molecular weight excluding hydrogens is 484 g/mol. The summed E-state index contributed by atoms with van der Waals surface area (Å²) in [6.45, 7) is -0.287. The second-order valence-corrected chi connectivity index (χ2v) is 9.76. The van der Waals surface area contributed by atoms with E-state index in [1.807, 2.05) is 60.7 Å². The summed E-state index contributed by atoms with van der Waals surface area (Å²) in [5.41, 5.74) is 2.31. The number of amides is 1. The summed E-state index contributed by atoms with van der Waals surface area (Å²) in [5, 5.41) is 3.07. The molecule has 0 unspecified atom stereocenters. The Kier molecular flexibility index (Phi) is 7.70. The van der Waals surface area contributed by atoms with Gasteiger partial charge in [0, 0.05) is 5.69 Å². The van der Waals surface area contributed by atoms with Gasteiger partial charge in [0.1, 0.15) is 5.75 Å².